The standard InChI is InChI=1S/C20H20FN3O3/c21-14-5-3-4-13(10-14)16-12-22-8-9-24(16)19(25)11-18-20(26)23-15-6-1-2-7-17(15)27-18/h1-7,10,16,18,22H,8-9,11-12H2,(H,23,26). The zero-order valence-electron chi connectivity index (χ0n) is 14.7. The largest absolute Gasteiger partial charge is 0.478 e. The molecular formula is C20H20FN3O3. The van der Waals surface area contributed by atoms with Crippen molar-refractivity contribution in [2.24, 2.45) is 0 Å². The lowest BCUT2D eigenvalue weighted by molar-refractivity contribution is -0.139. The molecule has 2 aromatic carbocycles. The van der Waals surface area contributed by atoms with Crippen LogP contribution in [0.4, 0.5) is 10.1 Å². The van der Waals surface area contributed by atoms with E-state index in [9.17, 15) is 14.0 Å². The van der Waals surface area contributed by atoms with Gasteiger partial charge in [-0.25, -0.2) is 4.39 Å². The Bertz CT molecular complexity index is 873. The molecule has 2 amide bonds. The van der Waals surface area contributed by atoms with Gasteiger partial charge in [-0.2, -0.15) is 0 Å². The van der Waals surface area contributed by atoms with Gasteiger partial charge in [0.05, 0.1) is 18.2 Å². The molecule has 27 heavy (non-hydrogen) atoms. The van der Waals surface area contributed by atoms with Crippen LogP contribution in [0.3, 0.4) is 0 Å². The smallest absolute Gasteiger partial charge is 0.266 e. The third-order valence-corrected chi connectivity index (χ3v) is 4.86. The molecule has 7 heteroatoms. The summed E-state index contributed by atoms with van der Waals surface area (Å²) in [5.41, 5.74) is 1.33. The molecule has 2 aliphatic heterocycles. The molecule has 0 aromatic heterocycles. The van der Waals surface area contributed by atoms with E-state index >= 15 is 0 Å². The molecule has 1 saturated heterocycles. The number of nitrogens with one attached hydrogen (secondary N) is 2. The molecule has 0 radical (unpaired) electrons. The van der Waals surface area contributed by atoms with Crippen LogP contribution < -0.4 is 15.4 Å². The van der Waals surface area contributed by atoms with Gasteiger partial charge in [-0.1, -0.05) is 24.3 Å². The second kappa shape index (κ2) is 7.36. The van der Waals surface area contributed by atoms with E-state index in [1.165, 1.54) is 12.1 Å². The number of nitrogens with zero attached hydrogens (tertiary/aromatic N) is 1. The van der Waals surface area contributed by atoms with Gasteiger partial charge < -0.3 is 20.3 Å². The molecule has 2 atom stereocenters. The van der Waals surface area contributed by atoms with Crippen LogP contribution in [0, 0.1) is 5.82 Å². The van der Waals surface area contributed by atoms with E-state index in [-0.39, 0.29) is 30.1 Å². The molecule has 2 aromatic rings. The minimum absolute atomic E-state index is 0.0635. The van der Waals surface area contributed by atoms with Crippen molar-refractivity contribution < 1.29 is 18.7 Å². The summed E-state index contributed by atoms with van der Waals surface area (Å²) < 4.78 is 19.3. The first-order valence-corrected chi connectivity index (χ1v) is 8.94. The van der Waals surface area contributed by atoms with Gasteiger partial charge in [0, 0.05) is 19.6 Å². The number of fused-ring (bicyclic) bond motifs is 1. The number of halogens is 1. The first kappa shape index (κ1) is 17.5. The zero-order chi connectivity index (χ0) is 18.8. The van der Waals surface area contributed by atoms with Crippen LogP contribution in [0.5, 0.6) is 5.75 Å². The van der Waals surface area contributed by atoms with E-state index in [1.807, 2.05) is 6.07 Å². The summed E-state index contributed by atoms with van der Waals surface area (Å²) in [7, 11) is 0. The van der Waals surface area contributed by atoms with Crippen molar-refractivity contribution in [3.63, 3.8) is 0 Å². The number of carbonyl (C=O) groups excluding carboxylic acids is 2. The molecule has 0 saturated carbocycles. The molecule has 2 heterocycles. The van der Waals surface area contributed by atoms with E-state index in [0.29, 0.717) is 31.1 Å². The van der Waals surface area contributed by atoms with Crippen molar-refractivity contribution in [3.8, 4) is 5.75 Å². The average molecular weight is 369 g/mol. The first-order chi connectivity index (χ1) is 13.1. The van der Waals surface area contributed by atoms with Crippen LogP contribution in [0.25, 0.3) is 0 Å². The highest BCUT2D eigenvalue weighted by Crippen LogP contribution is 2.30. The maximum atomic E-state index is 13.6. The molecular weight excluding hydrogens is 349 g/mol. The van der Waals surface area contributed by atoms with Gasteiger partial charge in [0.2, 0.25) is 5.91 Å². The molecule has 6 nitrogen and oxygen atoms in total. The van der Waals surface area contributed by atoms with Gasteiger partial charge in [0.15, 0.2) is 6.10 Å². The lowest BCUT2D eigenvalue weighted by Gasteiger charge is -2.37. The fourth-order valence-electron chi connectivity index (χ4n) is 3.52. The lowest BCUT2D eigenvalue weighted by Crippen LogP contribution is -2.50. The highest BCUT2D eigenvalue weighted by atomic mass is 19.1. The fraction of sp³-hybridized carbons (Fsp3) is 0.300. The molecule has 2 unspecified atom stereocenters. The van der Waals surface area contributed by atoms with Crippen LogP contribution in [0.15, 0.2) is 48.5 Å². The minimum atomic E-state index is -0.879. The fourth-order valence-corrected chi connectivity index (χ4v) is 3.52. The summed E-state index contributed by atoms with van der Waals surface area (Å²) in [6, 6.07) is 13.1. The topological polar surface area (TPSA) is 70.7 Å². The Morgan fingerprint density at radius 1 is 1.22 bits per heavy atom. The lowest BCUT2D eigenvalue weighted by atomic mass is 10.0. The first-order valence-electron chi connectivity index (χ1n) is 8.94. The number of hydrogen-bond donors (Lipinski definition) is 2. The van der Waals surface area contributed by atoms with E-state index in [4.69, 9.17) is 4.74 Å². The van der Waals surface area contributed by atoms with Gasteiger partial charge in [0.1, 0.15) is 11.6 Å². The Morgan fingerprint density at radius 2 is 2.07 bits per heavy atom. The molecule has 0 aliphatic carbocycles. The third kappa shape index (κ3) is 3.64. The second-order valence-corrected chi connectivity index (χ2v) is 6.66. The third-order valence-electron chi connectivity index (χ3n) is 4.86. The quantitative estimate of drug-likeness (QED) is 0.869. The summed E-state index contributed by atoms with van der Waals surface area (Å²) in [5, 5.41) is 6.01. The van der Waals surface area contributed by atoms with Crippen molar-refractivity contribution in [1.82, 2.24) is 10.2 Å². The van der Waals surface area contributed by atoms with Gasteiger partial charge >= 0.3 is 0 Å². The molecule has 4 rings (SSSR count). The predicted molar refractivity (Wildman–Crippen MR) is 97.8 cm³/mol. The average Bonchev–Trinajstić information content (AvgIpc) is 2.68. The Kier molecular flexibility index (Phi) is 4.77. The van der Waals surface area contributed by atoms with E-state index in [0.717, 1.165) is 5.56 Å². The van der Waals surface area contributed by atoms with Gasteiger partial charge in [-0.05, 0) is 29.8 Å². The summed E-state index contributed by atoms with van der Waals surface area (Å²) in [4.78, 5) is 26.9. The maximum Gasteiger partial charge on any atom is 0.266 e. The predicted octanol–water partition coefficient (Wildman–Crippen LogP) is 2.09. The number of amides is 2. The number of piperazine rings is 1. The molecule has 2 N–H and O–H groups in total. The van der Waals surface area contributed by atoms with Crippen molar-refractivity contribution in [3.05, 3.63) is 59.9 Å². The number of ether oxygens (including phenoxy) is 1. The minimum Gasteiger partial charge on any atom is -0.478 e. The number of hydrogen-bond acceptors (Lipinski definition) is 4. The van der Waals surface area contributed by atoms with E-state index < -0.39 is 6.10 Å². The summed E-state index contributed by atoms with van der Waals surface area (Å²) in [6.45, 7) is 1.68. The molecule has 0 spiro atoms. The van der Waals surface area contributed by atoms with Crippen molar-refractivity contribution in [1.29, 1.82) is 0 Å². The molecule has 140 valence electrons. The number of anilines is 1. The van der Waals surface area contributed by atoms with E-state index in [1.54, 1.807) is 35.2 Å². The van der Waals surface area contributed by atoms with Gasteiger partial charge in [0.25, 0.3) is 5.91 Å². The summed E-state index contributed by atoms with van der Waals surface area (Å²) >= 11 is 0. The SMILES string of the molecule is O=C1Nc2ccccc2OC1CC(=O)N1CCNCC1c1cccc(F)c1. The zero-order valence-corrected chi connectivity index (χ0v) is 14.7. The number of benzene rings is 2. The Morgan fingerprint density at radius 3 is 2.93 bits per heavy atom. The van der Waals surface area contributed by atoms with Gasteiger partial charge in [-0.3, -0.25) is 9.59 Å². The highest BCUT2D eigenvalue weighted by Gasteiger charge is 2.34. The molecule has 2 aliphatic rings. The van der Waals surface area contributed by atoms with Crippen molar-refractivity contribution in [2.75, 3.05) is 25.0 Å². The molecule has 0 bridgehead atoms. The number of carbonyl (C=O) groups is 2. The normalized spacial score (nSPS) is 21.8. The van der Waals surface area contributed by atoms with Crippen molar-refractivity contribution >= 4 is 17.5 Å². The Labute approximate surface area is 156 Å². The summed E-state index contributed by atoms with van der Waals surface area (Å²) in [5.74, 6) is -0.307. The number of rotatable bonds is 3. The second-order valence-electron chi connectivity index (χ2n) is 6.66. The maximum absolute atomic E-state index is 13.6. The van der Waals surface area contributed by atoms with Crippen LogP contribution in [0.1, 0.15) is 18.0 Å². The van der Waals surface area contributed by atoms with Crippen LogP contribution in [0.2, 0.25) is 0 Å². The van der Waals surface area contributed by atoms with Crippen LogP contribution in [-0.4, -0.2) is 42.5 Å². The highest BCUT2D eigenvalue weighted by molar-refractivity contribution is 6.00. The molecule has 1 fully saturated rings. The van der Waals surface area contributed by atoms with E-state index in [2.05, 4.69) is 10.6 Å². The van der Waals surface area contributed by atoms with Crippen LogP contribution in [-0.2, 0) is 9.59 Å². The summed E-state index contributed by atoms with van der Waals surface area (Å²) in [6.07, 6.45) is -0.943. The van der Waals surface area contributed by atoms with Gasteiger partial charge in [-0.15, -0.1) is 0 Å². The monoisotopic (exact) mass is 369 g/mol. The van der Waals surface area contributed by atoms with Crippen molar-refractivity contribution in [2.45, 2.75) is 18.6 Å². The Hall–Kier alpha value is -2.93. The number of para-hydroxylation sites is 2. The Balaban J connectivity index is 1.50. The van der Waals surface area contributed by atoms with Crippen LogP contribution >= 0.6 is 0 Å².